The van der Waals surface area contributed by atoms with Crippen molar-refractivity contribution in [2.45, 2.75) is 46.2 Å². The zero-order chi connectivity index (χ0) is 20.7. The summed E-state index contributed by atoms with van der Waals surface area (Å²) in [4.78, 5) is 27.3. The first kappa shape index (κ1) is 22.3. The molecule has 1 N–H and O–H groups in total. The number of benzene rings is 2. The van der Waals surface area contributed by atoms with E-state index in [0.29, 0.717) is 28.7 Å². The Labute approximate surface area is 176 Å². The number of rotatable bonds is 8. The first-order valence-electron chi connectivity index (χ1n) is 9.39. The monoisotopic (exact) mass is 420 g/mol. The predicted molar refractivity (Wildman–Crippen MR) is 115 cm³/mol. The van der Waals surface area contributed by atoms with Gasteiger partial charge in [-0.3, -0.25) is 9.59 Å². The zero-order valence-electron chi connectivity index (χ0n) is 16.5. The normalized spacial score (nSPS) is 11.8. The van der Waals surface area contributed by atoms with E-state index in [1.807, 2.05) is 38.1 Å². The minimum absolute atomic E-state index is 0.0375. The van der Waals surface area contributed by atoms with Gasteiger partial charge in [-0.1, -0.05) is 60.5 Å². The molecule has 2 aromatic rings. The third-order valence-corrected chi connectivity index (χ3v) is 5.42. The molecule has 2 rings (SSSR count). The maximum Gasteiger partial charge on any atom is 0.242 e. The van der Waals surface area contributed by atoms with Crippen LogP contribution in [0.25, 0.3) is 0 Å². The molecule has 0 saturated carbocycles. The highest BCUT2D eigenvalue weighted by Gasteiger charge is 2.27. The minimum atomic E-state index is -0.611. The van der Waals surface area contributed by atoms with E-state index >= 15 is 0 Å². The van der Waals surface area contributed by atoms with Gasteiger partial charge in [0.05, 0.1) is 6.42 Å². The molecule has 0 aliphatic heterocycles. The number of hydrogen-bond donors (Lipinski definition) is 1. The lowest BCUT2D eigenvalue weighted by Crippen LogP contribution is -2.48. The number of hydrogen-bond acceptors (Lipinski definition) is 2. The van der Waals surface area contributed by atoms with Gasteiger partial charge in [0.25, 0.3) is 0 Å². The number of amides is 2. The average molecular weight is 421 g/mol. The molecule has 0 heterocycles. The second-order valence-electron chi connectivity index (χ2n) is 6.79. The summed E-state index contributed by atoms with van der Waals surface area (Å²) in [6.07, 6.45) is 0.870. The van der Waals surface area contributed by atoms with E-state index in [9.17, 15) is 9.59 Å². The lowest BCUT2D eigenvalue weighted by molar-refractivity contribution is -0.140. The molecule has 2 amide bonds. The van der Waals surface area contributed by atoms with E-state index in [4.69, 9.17) is 23.2 Å². The Hall–Kier alpha value is -2.04. The average Bonchev–Trinajstić information content (AvgIpc) is 2.67. The maximum absolute atomic E-state index is 13.2. The first-order valence-corrected chi connectivity index (χ1v) is 10.1. The molecule has 0 radical (unpaired) electrons. The third kappa shape index (κ3) is 5.73. The SMILES string of the molecule is CCCNC(=O)[C@@H](C)N(Cc1ccccc1C)C(=O)Cc1c(Cl)cccc1Cl. The van der Waals surface area contributed by atoms with Gasteiger partial charge in [-0.2, -0.15) is 0 Å². The standard InChI is InChI=1S/C22H26Cl2N2O2/c1-4-12-25-22(28)16(3)26(14-17-9-6-5-8-15(17)2)21(27)13-18-19(23)10-7-11-20(18)24/h5-11,16H,4,12-14H2,1-3H3,(H,25,28)/t16-/m1/s1. The quantitative estimate of drug-likeness (QED) is 0.667. The predicted octanol–water partition coefficient (Wildman–Crippen LogP) is 4.79. The summed E-state index contributed by atoms with van der Waals surface area (Å²) in [5.74, 6) is -0.369. The van der Waals surface area contributed by atoms with Crippen LogP contribution in [-0.2, 0) is 22.6 Å². The number of halogens is 2. The van der Waals surface area contributed by atoms with Gasteiger partial charge in [0.1, 0.15) is 6.04 Å². The Bertz CT molecular complexity index is 819. The van der Waals surface area contributed by atoms with Crippen LogP contribution < -0.4 is 5.32 Å². The molecular weight excluding hydrogens is 395 g/mol. The summed E-state index contributed by atoms with van der Waals surface area (Å²) in [7, 11) is 0. The Morgan fingerprint density at radius 1 is 1.07 bits per heavy atom. The molecule has 1 atom stereocenters. The van der Waals surface area contributed by atoms with E-state index < -0.39 is 6.04 Å². The molecule has 0 fully saturated rings. The van der Waals surface area contributed by atoms with E-state index in [1.54, 1.807) is 30.0 Å². The number of carbonyl (C=O) groups excluding carboxylic acids is 2. The molecule has 0 aliphatic rings. The fourth-order valence-corrected chi connectivity index (χ4v) is 3.43. The summed E-state index contributed by atoms with van der Waals surface area (Å²) in [5.41, 5.74) is 2.64. The summed E-state index contributed by atoms with van der Waals surface area (Å²) in [5, 5.41) is 3.76. The van der Waals surface area contributed by atoms with Crippen molar-refractivity contribution in [2.75, 3.05) is 6.54 Å². The van der Waals surface area contributed by atoms with Crippen LogP contribution in [0.5, 0.6) is 0 Å². The smallest absolute Gasteiger partial charge is 0.242 e. The summed E-state index contributed by atoms with van der Waals surface area (Å²) in [6, 6.07) is 12.4. The molecule has 0 unspecified atom stereocenters. The van der Waals surface area contributed by atoms with Crippen molar-refractivity contribution in [1.29, 1.82) is 0 Å². The molecule has 0 aromatic heterocycles. The van der Waals surface area contributed by atoms with Crippen LogP contribution in [-0.4, -0.2) is 29.3 Å². The number of carbonyl (C=O) groups is 2. The van der Waals surface area contributed by atoms with Gasteiger partial charge in [0.2, 0.25) is 11.8 Å². The van der Waals surface area contributed by atoms with Crippen LogP contribution in [0.1, 0.15) is 37.0 Å². The highest BCUT2D eigenvalue weighted by atomic mass is 35.5. The molecule has 0 spiro atoms. The molecule has 4 nitrogen and oxygen atoms in total. The molecule has 150 valence electrons. The van der Waals surface area contributed by atoms with Crippen molar-refractivity contribution < 1.29 is 9.59 Å². The molecular formula is C22H26Cl2N2O2. The van der Waals surface area contributed by atoms with Gasteiger partial charge in [0.15, 0.2) is 0 Å². The van der Waals surface area contributed by atoms with Crippen molar-refractivity contribution in [3.05, 3.63) is 69.2 Å². The van der Waals surface area contributed by atoms with Crippen LogP contribution in [0.15, 0.2) is 42.5 Å². The van der Waals surface area contributed by atoms with Crippen molar-refractivity contribution in [3.8, 4) is 0 Å². The number of nitrogens with zero attached hydrogens (tertiary/aromatic N) is 1. The second-order valence-corrected chi connectivity index (χ2v) is 7.61. The van der Waals surface area contributed by atoms with Crippen LogP contribution in [0.4, 0.5) is 0 Å². The topological polar surface area (TPSA) is 49.4 Å². The fourth-order valence-electron chi connectivity index (χ4n) is 2.90. The van der Waals surface area contributed by atoms with Gasteiger partial charge in [0, 0.05) is 23.1 Å². The number of aryl methyl sites for hydroxylation is 1. The Morgan fingerprint density at radius 2 is 1.71 bits per heavy atom. The largest absolute Gasteiger partial charge is 0.354 e. The van der Waals surface area contributed by atoms with Gasteiger partial charge in [-0.25, -0.2) is 0 Å². The molecule has 28 heavy (non-hydrogen) atoms. The van der Waals surface area contributed by atoms with E-state index in [0.717, 1.165) is 17.5 Å². The van der Waals surface area contributed by atoms with E-state index in [1.165, 1.54) is 0 Å². The molecule has 6 heteroatoms. The lowest BCUT2D eigenvalue weighted by Gasteiger charge is -2.29. The van der Waals surface area contributed by atoms with Crippen LogP contribution in [0, 0.1) is 6.92 Å². The van der Waals surface area contributed by atoms with Crippen LogP contribution in [0.2, 0.25) is 10.0 Å². The Balaban J connectivity index is 2.29. The summed E-state index contributed by atoms with van der Waals surface area (Å²) < 4.78 is 0. The molecule has 0 saturated heterocycles. The highest BCUT2D eigenvalue weighted by Crippen LogP contribution is 2.26. The summed E-state index contributed by atoms with van der Waals surface area (Å²) >= 11 is 12.5. The van der Waals surface area contributed by atoms with Gasteiger partial charge in [-0.05, 0) is 49.1 Å². The zero-order valence-corrected chi connectivity index (χ0v) is 18.0. The number of nitrogens with one attached hydrogen (secondary N) is 1. The van der Waals surface area contributed by atoms with Crippen molar-refractivity contribution >= 4 is 35.0 Å². The highest BCUT2D eigenvalue weighted by molar-refractivity contribution is 6.36. The minimum Gasteiger partial charge on any atom is -0.354 e. The van der Waals surface area contributed by atoms with Gasteiger partial charge in [-0.15, -0.1) is 0 Å². The van der Waals surface area contributed by atoms with E-state index in [2.05, 4.69) is 5.32 Å². The van der Waals surface area contributed by atoms with E-state index in [-0.39, 0.29) is 18.2 Å². The van der Waals surface area contributed by atoms with Crippen LogP contribution >= 0.6 is 23.2 Å². The van der Waals surface area contributed by atoms with Gasteiger partial charge < -0.3 is 10.2 Å². The molecule has 0 aliphatic carbocycles. The van der Waals surface area contributed by atoms with Crippen molar-refractivity contribution in [3.63, 3.8) is 0 Å². The third-order valence-electron chi connectivity index (χ3n) is 4.71. The first-order chi connectivity index (χ1) is 13.3. The molecule has 2 aromatic carbocycles. The fraction of sp³-hybridized carbons (Fsp3) is 0.364. The summed E-state index contributed by atoms with van der Waals surface area (Å²) in [6.45, 7) is 6.64. The Morgan fingerprint density at radius 3 is 2.32 bits per heavy atom. The Kier molecular flexibility index (Phi) is 8.34. The lowest BCUT2D eigenvalue weighted by atomic mass is 10.1. The second kappa shape index (κ2) is 10.5. The van der Waals surface area contributed by atoms with Crippen LogP contribution in [0.3, 0.4) is 0 Å². The maximum atomic E-state index is 13.2. The molecule has 0 bridgehead atoms. The van der Waals surface area contributed by atoms with Crippen molar-refractivity contribution in [2.24, 2.45) is 0 Å². The van der Waals surface area contributed by atoms with Crippen molar-refractivity contribution in [1.82, 2.24) is 10.2 Å². The van der Waals surface area contributed by atoms with Gasteiger partial charge >= 0.3 is 0 Å².